The smallest absolute Gasteiger partial charge is 0.254 e. The lowest BCUT2D eigenvalue weighted by Gasteiger charge is -2.36. The highest BCUT2D eigenvalue weighted by atomic mass is 16.5. The summed E-state index contributed by atoms with van der Waals surface area (Å²) in [4.78, 5) is 29.6. The summed E-state index contributed by atoms with van der Waals surface area (Å²) in [6, 6.07) is 14.2. The number of hydrogen-bond acceptors (Lipinski definition) is 6. The van der Waals surface area contributed by atoms with Crippen LogP contribution >= 0.6 is 0 Å². The monoisotopic (exact) mass is 442 g/mol. The van der Waals surface area contributed by atoms with Gasteiger partial charge >= 0.3 is 0 Å². The van der Waals surface area contributed by atoms with Crippen LogP contribution in [0.3, 0.4) is 0 Å². The number of methoxy groups -OCH3 is 3. The molecule has 0 aliphatic carbocycles. The Kier molecular flexibility index (Phi) is 8.47. The van der Waals surface area contributed by atoms with Crippen molar-refractivity contribution in [2.75, 3.05) is 60.7 Å². The zero-order chi connectivity index (χ0) is 22.9. The number of hydrogen-bond donors (Lipinski definition) is 0. The van der Waals surface area contributed by atoms with E-state index >= 15 is 0 Å². The number of nitrogens with zero attached hydrogens (tertiary/aromatic N) is 2. The molecule has 2 aromatic rings. The van der Waals surface area contributed by atoms with E-state index in [-0.39, 0.29) is 17.9 Å². The maximum absolute atomic E-state index is 13.1. The maximum atomic E-state index is 13.1. The quantitative estimate of drug-likeness (QED) is 0.593. The first-order valence-corrected chi connectivity index (χ1v) is 10.5. The van der Waals surface area contributed by atoms with E-state index in [0.29, 0.717) is 62.0 Å². The number of morpholine rings is 1. The lowest BCUT2D eigenvalue weighted by molar-refractivity contribution is -0.0347. The summed E-state index contributed by atoms with van der Waals surface area (Å²) in [6.07, 6.45) is -0.294. The highest BCUT2D eigenvalue weighted by molar-refractivity contribution is 5.95. The van der Waals surface area contributed by atoms with Crippen molar-refractivity contribution in [2.24, 2.45) is 0 Å². The number of ether oxygens (including phenoxy) is 4. The number of carbonyl (C=O) groups excluding carboxylic acids is 2. The summed E-state index contributed by atoms with van der Waals surface area (Å²) in [5.41, 5.74) is 1.12. The van der Waals surface area contributed by atoms with Crippen LogP contribution in [-0.2, 0) is 9.47 Å². The Hall–Kier alpha value is -3.10. The summed E-state index contributed by atoms with van der Waals surface area (Å²) < 4.78 is 21.7. The van der Waals surface area contributed by atoms with Crippen LogP contribution in [0.5, 0.6) is 11.5 Å². The van der Waals surface area contributed by atoms with Gasteiger partial charge in [-0.05, 0) is 30.3 Å². The minimum absolute atomic E-state index is 0.0883. The van der Waals surface area contributed by atoms with Crippen LogP contribution in [0.2, 0.25) is 0 Å². The summed E-state index contributed by atoms with van der Waals surface area (Å²) in [6.45, 7) is 2.49. The fraction of sp³-hybridized carbons (Fsp3) is 0.417. The van der Waals surface area contributed by atoms with Crippen LogP contribution in [0.4, 0.5) is 0 Å². The van der Waals surface area contributed by atoms with E-state index in [2.05, 4.69) is 0 Å². The molecule has 1 saturated heterocycles. The second-order valence-electron chi connectivity index (χ2n) is 7.42. The Bertz CT molecular complexity index is 905. The molecule has 0 N–H and O–H groups in total. The first-order chi connectivity index (χ1) is 15.6. The molecule has 0 aromatic heterocycles. The van der Waals surface area contributed by atoms with Crippen LogP contribution < -0.4 is 9.47 Å². The Balaban J connectivity index is 1.69. The van der Waals surface area contributed by atoms with Gasteiger partial charge in [0.1, 0.15) is 0 Å². The molecule has 8 nitrogen and oxygen atoms in total. The molecular weight excluding hydrogens is 412 g/mol. The van der Waals surface area contributed by atoms with E-state index in [1.165, 1.54) is 7.11 Å². The third-order valence-corrected chi connectivity index (χ3v) is 5.35. The molecule has 1 unspecified atom stereocenters. The van der Waals surface area contributed by atoms with Crippen molar-refractivity contribution in [3.8, 4) is 11.5 Å². The first-order valence-electron chi connectivity index (χ1n) is 10.5. The van der Waals surface area contributed by atoms with Crippen molar-refractivity contribution in [1.29, 1.82) is 0 Å². The topological polar surface area (TPSA) is 77.5 Å². The largest absolute Gasteiger partial charge is 0.493 e. The van der Waals surface area contributed by atoms with Gasteiger partial charge in [0.15, 0.2) is 11.5 Å². The second-order valence-corrected chi connectivity index (χ2v) is 7.42. The Morgan fingerprint density at radius 2 is 1.78 bits per heavy atom. The summed E-state index contributed by atoms with van der Waals surface area (Å²) >= 11 is 0. The van der Waals surface area contributed by atoms with E-state index in [1.54, 1.807) is 54.4 Å². The molecule has 1 heterocycles. The third-order valence-electron chi connectivity index (χ3n) is 5.35. The fourth-order valence-corrected chi connectivity index (χ4v) is 3.65. The van der Waals surface area contributed by atoms with Gasteiger partial charge in [-0.25, -0.2) is 0 Å². The molecule has 0 saturated carbocycles. The molecule has 32 heavy (non-hydrogen) atoms. The lowest BCUT2D eigenvalue weighted by atomic mass is 10.1. The average molecular weight is 443 g/mol. The summed E-state index contributed by atoms with van der Waals surface area (Å²) in [5.74, 6) is 0.867. The molecule has 1 fully saturated rings. The average Bonchev–Trinajstić information content (AvgIpc) is 2.85. The van der Waals surface area contributed by atoms with Crippen molar-refractivity contribution >= 4 is 11.8 Å². The summed E-state index contributed by atoms with van der Waals surface area (Å²) in [7, 11) is 4.69. The van der Waals surface area contributed by atoms with Crippen LogP contribution in [0.15, 0.2) is 48.5 Å². The number of rotatable bonds is 9. The molecule has 0 spiro atoms. The van der Waals surface area contributed by atoms with Crippen molar-refractivity contribution < 1.29 is 28.5 Å². The molecule has 3 rings (SSSR count). The molecule has 172 valence electrons. The molecular formula is C24H30N2O6. The van der Waals surface area contributed by atoms with Crippen LogP contribution in [0.25, 0.3) is 0 Å². The van der Waals surface area contributed by atoms with Gasteiger partial charge in [0.05, 0.1) is 33.5 Å². The van der Waals surface area contributed by atoms with Gasteiger partial charge in [0.2, 0.25) is 0 Å². The third kappa shape index (κ3) is 5.77. The van der Waals surface area contributed by atoms with Gasteiger partial charge in [0, 0.05) is 44.4 Å². The van der Waals surface area contributed by atoms with Crippen molar-refractivity contribution in [1.82, 2.24) is 9.80 Å². The van der Waals surface area contributed by atoms with E-state index < -0.39 is 0 Å². The SMILES string of the molecule is COCCN(CC1CN(C(=O)c2ccc(OC)c(OC)c2)CCO1)C(=O)c1ccccc1. The van der Waals surface area contributed by atoms with E-state index in [0.717, 1.165) is 0 Å². The highest BCUT2D eigenvalue weighted by Gasteiger charge is 2.28. The Labute approximate surface area is 188 Å². The Morgan fingerprint density at radius 1 is 1.03 bits per heavy atom. The van der Waals surface area contributed by atoms with Gasteiger partial charge < -0.3 is 28.7 Å². The standard InChI is InChI=1S/C24H30N2O6/c1-29-13-11-25(23(27)18-7-5-4-6-8-18)16-20-17-26(12-14-32-20)24(28)19-9-10-21(30-2)22(15-19)31-3/h4-10,15,20H,11-14,16-17H2,1-3H3. The van der Waals surface area contributed by atoms with Crippen molar-refractivity contribution in [3.05, 3.63) is 59.7 Å². The van der Waals surface area contributed by atoms with Crippen molar-refractivity contribution in [3.63, 3.8) is 0 Å². The fourth-order valence-electron chi connectivity index (χ4n) is 3.65. The molecule has 0 radical (unpaired) electrons. The molecule has 2 amide bonds. The maximum Gasteiger partial charge on any atom is 0.254 e. The van der Waals surface area contributed by atoms with Crippen molar-refractivity contribution in [2.45, 2.75) is 6.10 Å². The zero-order valence-corrected chi connectivity index (χ0v) is 18.8. The predicted molar refractivity (Wildman–Crippen MR) is 119 cm³/mol. The van der Waals surface area contributed by atoms with Gasteiger partial charge in [-0.3, -0.25) is 9.59 Å². The molecule has 1 aliphatic rings. The first kappa shape index (κ1) is 23.6. The molecule has 1 atom stereocenters. The van der Waals surface area contributed by atoms with Crippen LogP contribution in [0, 0.1) is 0 Å². The van der Waals surface area contributed by atoms with E-state index in [9.17, 15) is 9.59 Å². The number of carbonyl (C=O) groups is 2. The van der Waals surface area contributed by atoms with Gasteiger partial charge in [-0.15, -0.1) is 0 Å². The van der Waals surface area contributed by atoms with E-state index in [1.807, 2.05) is 18.2 Å². The predicted octanol–water partition coefficient (Wildman–Crippen LogP) is 2.33. The normalized spacial score (nSPS) is 15.8. The molecule has 0 bridgehead atoms. The highest BCUT2D eigenvalue weighted by Crippen LogP contribution is 2.28. The Morgan fingerprint density at radius 3 is 2.47 bits per heavy atom. The van der Waals surface area contributed by atoms with Gasteiger partial charge in [-0.2, -0.15) is 0 Å². The van der Waals surface area contributed by atoms with E-state index in [4.69, 9.17) is 18.9 Å². The van der Waals surface area contributed by atoms with Crippen LogP contribution in [-0.4, -0.2) is 88.4 Å². The molecule has 8 heteroatoms. The molecule has 2 aromatic carbocycles. The second kappa shape index (κ2) is 11.5. The van der Waals surface area contributed by atoms with Gasteiger partial charge in [0.25, 0.3) is 11.8 Å². The lowest BCUT2D eigenvalue weighted by Crippen LogP contribution is -2.51. The number of benzene rings is 2. The minimum Gasteiger partial charge on any atom is -0.493 e. The number of amides is 2. The van der Waals surface area contributed by atoms with Crippen LogP contribution in [0.1, 0.15) is 20.7 Å². The zero-order valence-electron chi connectivity index (χ0n) is 18.8. The van der Waals surface area contributed by atoms with Gasteiger partial charge in [-0.1, -0.05) is 18.2 Å². The molecule has 1 aliphatic heterocycles. The summed E-state index contributed by atoms with van der Waals surface area (Å²) in [5, 5.41) is 0. The minimum atomic E-state index is -0.294.